The van der Waals surface area contributed by atoms with Gasteiger partial charge in [0.2, 0.25) is 10.0 Å². The second-order valence-corrected chi connectivity index (χ2v) is 6.55. The average Bonchev–Trinajstić information content (AvgIpc) is 2.35. The number of carboxylic acids is 1. The summed E-state index contributed by atoms with van der Waals surface area (Å²) in [4.78, 5) is 10.7. The van der Waals surface area contributed by atoms with Crippen LogP contribution in [0, 0.1) is 17.2 Å². The summed E-state index contributed by atoms with van der Waals surface area (Å²) in [6.45, 7) is 3.15. The van der Waals surface area contributed by atoms with E-state index < -0.39 is 28.0 Å². The van der Waals surface area contributed by atoms with Gasteiger partial charge in [-0.05, 0) is 24.1 Å². The van der Waals surface area contributed by atoms with Gasteiger partial charge in [0.1, 0.15) is 17.0 Å². The van der Waals surface area contributed by atoms with Crippen LogP contribution in [0.3, 0.4) is 0 Å². The lowest BCUT2D eigenvalue weighted by Gasteiger charge is -2.18. The molecule has 6 nitrogen and oxygen atoms in total. The molecule has 108 valence electrons. The molecule has 0 radical (unpaired) electrons. The number of sulfonamides is 1. The smallest absolute Gasteiger partial charge is 0.322 e. The molecule has 0 amide bonds. The van der Waals surface area contributed by atoms with E-state index in [2.05, 4.69) is 4.72 Å². The summed E-state index contributed by atoms with van der Waals surface area (Å²) in [5, 5.41) is 18.1. The molecule has 1 aromatic carbocycles. The summed E-state index contributed by atoms with van der Waals surface area (Å²) in [6, 6.07) is 4.21. The van der Waals surface area contributed by atoms with Crippen molar-refractivity contribution in [1.29, 1.82) is 5.26 Å². The molecule has 0 aliphatic rings. The molecule has 1 unspecified atom stereocenters. The Labute approximate surface area is 122 Å². The standard InChI is InChI=1S/C12H13ClN2O4S/c1-7(2)11(12(16)17)15-20(18,19)10-5-9(13)4-3-8(10)6-14/h3-5,7,11,15H,1-2H3,(H,16,17). The number of nitriles is 1. The lowest BCUT2D eigenvalue weighted by atomic mass is 10.1. The highest BCUT2D eigenvalue weighted by Crippen LogP contribution is 2.21. The van der Waals surface area contributed by atoms with Crippen LogP contribution < -0.4 is 4.72 Å². The number of carboxylic acid groups (broad SMARTS) is 1. The maximum atomic E-state index is 12.2. The van der Waals surface area contributed by atoms with Crippen LogP contribution >= 0.6 is 11.6 Å². The zero-order valence-electron chi connectivity index (χ0n) is 10.8. The third-order valence-corrected chi connectivity index (χ3v) is 4.28. The molecule has 0 spiro atoms. The second-order valence-electron chi connectivity index (χ2n) is 4.43. The Morgan fingerprint density at radius 1 is 1.45 bits per heavy atom. The van der Waals surface area contributed by atoms with Gasteiger partial charge in [-0.15, -0.1) is 0 Å². The van der Waals surface area contributed by atoms with E-state index in [0.717, 1.165) is 6.07 Å². The third kappa shape index (κ3) is 3.70. The highest BCUT2D eigenvalue weighted by Gasteiger charge is 2.29. The molecular formula is C12H13ClN2O4S. The zero-order chi connectivity index (χ0) is 15.5. The van der Waals surface area contributed by atoms with Gasteiger partial charge in [-0.2, -0.15) is 9.98 Å². The topological polar surface area (TPSA) is 107 Å². The predicted molar refractivity (Wildman–Crippen MR) is 72.8 cm³/mol. The number of carbonyl (C=O) groups is 1. The molecule has 8 heteroatoms. The summed E-state index contributed by atoms with van der Waals surface area (Å²) in [6.07, 6.45) is 0. The molecule has 0 aliphatic heterocycles. The SMILES string of the molecule is CC(C)C(NS(=O)(=O)c1cc(Cl)ccc1C#N)C(=O)O. The molecule has 1 rings (SSSR count). The Morgan fingerprint density at radius 2 is 2.05 bits per heavy atom. The third-order valence-electron chi connectivity index (χ3n) is 2.57. The fourth-order valence-corrected chi connectivity index (χ4v) is 3.27. The van der Waals surface area contributed by atoms with E-state index in [-0.39, 0.29) is 15.5 Å². The lowest BCUT2D eigenvalue weighted by Crippen LogP contribution is -2.44. The minimum atomic E-state index is -4.15. The van der Waals surface area contributed by atoms with Crippen LogP contribution in [0.25, 0.3) is 0 Å². The fraction of sp³-hybridized carbons (Fsp3) is 0.333. The Balaban J connectivity index is 3.28. The quantitative estimate of drug-likeness (QED) is 0.858. The van der Waals surface area contributed by atoms with Gasteiger partial charge in [0.15, 0.2) is 0 Å². The fourth-order valence-electron chi connectivity index (χ4n) is 1.51. The second kappa shape index (κ2) is 6.22. The van der Waals surface area contributed by atoms with E-state index in [1.165, 1.54) is 12.1 Å². The zero-order valence-corrected chi connectivity index (χ0v) is 12.4. The molecule has 0 heterocycles. The Bertz CT molecular complexity index is 665. The van der Waals surface area contributed by atoms with Crippen molar-refractivity contribution in [2.45, 2.75) is 24.8 Å². The van der Waals surface area contributed by atoms with Gasteiger partial charge in [0.25, 0.3) is 0 Å². The lowest BCUT2D eigenvalue weighted by molar-refractivity contribution is -0.140. The van der Waals surface area contributed by atoms with Crippen LogP contribution in [0.2, 0.25) is 5.02 Å². The van der Waals surface area contributed by atoms with Crippen LogP contribution in [0.15, 0.2) is 23.1 Å². The summed E-state index contributed by atoms with van der Waals surface area (Å²) in [5.74, 6) is -1.74. The maximum Gasteiger partial charge on any atom is 0.322 e. The van der Waals surface area contributed by atoms with Crippen LogP contribution in [-0.4, -0.2) is 25.5 Å². The van der Waals surface area contributed by atoms with E-state index >= 15 is 0 Å². The minimum Gasteiger partial charge on any atom is -0.480 e. The molecule has 1 aromatic rings. The van der Waals surface area contributed by atoms with Crippen molar-refractivity contribution in [3.63, 3.8) is 0 Å². The predicted octanol–water partition coefficient (Wildman–Crippen LogP) is 1.60. The average molecular weight is 317 g/mol. The number of benzene rings is 1. The van der Waals surface area contributed by atoms with Gasteiger partial charge < -0.3 is 5.11 Å². The summed E-state index contributed by atoms with van der Waals surface area (Å²) in [5.41, 5.74) is -0.102. The van der Waals surface area contributed by atoms with E-state index in [9.17, 15) is 13.2 Å². The van der Waals surface area contributed by atoms with Crippen molar-refractivity contribution >= 4 is 27.6 Å². The normalized spacial score (nSPS) is 12.9. The van der Waals surface area contributed by atoms with Gasteiger partial charge in [-0.1, -0.05) is 25.4 Å². The number of aliphatic carboxylic acids is 1. The van der Waals surface area contributed by atoms with Crippen molar-refractivity contribution in [2.24, 2.45) is 5.92 Å². The molecule has 0 aliphatic carbocycles. The molecular weight excluding hydrogens is 304 g/mol. The summed E-state index contributed by atoms with van der Waals surface area (Å²) in [7, 11) is -4.15. The van der Waals surface area contributed by atoms with Crippen molar-refractivity contribution in [1.82, 2.24) is 4.72 Å². The van der Waals surface area contributed by atoms with Crippen molar-refractivity contribution < 1.29 is 18.3 Å². The Kier molecular flexibility index (Phi) is 5.11. The highest BCUT2D eigenvalue weighted by atomic mass is 35.5. The molecule has 0 saturated heterocycles. The molecule has 0 bridgehead atoms. The van der Waals surface area contributed by atoms with E-state index in [4.69, 9.17) is 22.0 Å². The summed E-state index contributed by atoms with van der Waals surface area (Å²) >= 11 is 5.72. The summed E-state index contributed by atoms with van der Waals surface area (Å²) < 4.78 is 26.5. The first-order valence-corrected chi connectivity index (χ1v) is 7.50. The number of hydrogen-bond donors (Lipinski definition) is 2. The first-order chi connectivity index (χ1) is 9.19. The first-order valence-electron chi connectivity index (χ1n) is 5.64. The molecule has 1 atom stereocenters. The minimum absolute atomic E-state index is 0.102. The monoisotopic (exact) mass is 316 g/mol. The number of nitrogens with zero attached hydrogens (tertiary/aromatic N) is 1. The van der Waals surface area contributed by atoms with E-state index in [0.29, 0.717) is 0 Å². The van der Waals surface area contributed by atoms with Crippen LogP contribution in [0.1, 0.15) is 19.4 Å². The van der Waals surface area contributed by atoms with Gasteiger partial charge in [-0.3, -0.25) is 4.79 Å². The van der Waals surface area contributed by atoms with Crippen LogP contribution in [0.5, 0.6) is 0 Å². The van der Waals surface area contributed by atoms with Gasteiger partial charge in [0.05, 0.1) is 5.56 Å². The molecule has 2 N–H and O–H groups in total. The van der Waals surface area contributed by atoms with E-state index in [1.807, 2.05) is 0 Å². The van der Waals surface area contributed by atoms with Gasteiger partial charge in [0, 0.05) is 5.02 Å². The number of halogens is 1. The van der Waals surface area contributed by atoms with Gasteiger partial charge in [-0.25, -0.2) is 8.42 Å². The molecule has 0 saturated carbocycles. The van der Waals surface area contributed by atoms with Crippen molar-refractivity contribution in [2.75, 3.05) is 0 Å². The molecule has 20 heavy (non-hydrogen) atoms. The Morgan fingerprint density at radius 3 is 2.50 bits per heavy atom. The van der Waals surface area contributed by atoms with Crippen LogP contribution in [0.4, 0.5) is 0 Å². The first kappa shape index (κ1) is 16.4. The largest absolute Gasteiger partial charge is 0.480 e. The highest BCUT2D eigenvalue weighted by molar-refractivity contribution is 7.89. The van der Waals surface area contributed by atoms with Crippen molar-refractivity contribution in [3.05, 3.63) is 28.8 Å². The maximum absolute atomic E-state index is 12.2. The molecule has 0 aromatic heterocycles. The number of nitrogens with one attached hydrogen (secondary N) is 1. The van der Waals surface area contributed by atoms with Crippen LogP contribution in [-0.2, 0) is 14.8 Å². The molecule has 0 fully saturated rings. The van der Waals surface area contributed by atoms with Gasteiger partial charge >= 0.3 is 5.97 Å². The number of rotatable bonds is 5. The number of hydrogen-bond acceptors (Lipinski definition) is 4. The van der Waals surface area contributed by atoms with E-state index in [1.54, 1.807) is 19.9 Å². The van der Waals surface area contributed by atoms with Crippen molar-refractivity contribution in [3.8, 4) is 6.07 Å². The Hall–Kier alpha value is -1.62.